The molecule has 2 atom stereocenters. The van der Waals surface area contributed by atoms with E-state index in [1.54, 1.807) is 20.8 Å². The van der Waals surface area contributed by atoms with Crippen molar-refractivity contribution in [3.63, 3.8) is 0 Å². The molecule has 4 N–H and O–H groups in total. The average Bonchev–Trinajstić information content (AvgIpc) is 2.29. The van der Waals surface area contributed by atoms with Crippen LogP contribution in [0.2, 0.25) is 0 Å². The van der Waals surface area contributed by atoms with E-state index in [1.165, 1.54) is 0 Å². The zero-order valence-corrected chi connectivity index (χ0v) is 13.0. The first-order chi connectivity index (χ1) is 9.60. The van der Waals surface area contributed by atoms with E-state index in [1.807, 2.05) is 0 Å². The van der Waals surface area contributed by atoms with Gasteiger partial charge in [-0.25, -0.2) is 0 Å². The van der Waals surface area contributed by atoms with Gasteiger partial charge in [-0.1, -0.05) is 0 Å². The molecule has 0 saturated heterocycles. The molecular formula is C15H27NO5. The van der Waals surface area contributed by atoms with E-state index in [-0.39, 0.29) is 12.0 Å². The average molecular weight is 301 g/mol. The first-order valence-corrected chi connectivity index (χ1v) is 7.49. The van der Waals surface area contributed by atoms with Crippen molar-refractivity contribution >= 4 is 11.9 Å². The van der Waals surface area contributed by atoms with Gasteiger partial charge in [-0.05, 0) is 58.8 Å². The minimum atomic E-state index is -1.34. The largest absolute Gasteiger partial charge is 0.481 e. The maximum atomic E-state index is 12.0. The lowest BCUT2D eigenvalue weighted by Crippen LogP contribution is -2.45. The molecule has 6 nitrogen and oxygen atoms in total. The van der Waals surface area contributed by atoms with Crippen molar-refractivity contribution in [2.75, 3.05) is 0 Å². The summed E-state index contributed by atoms with van der Waals surface area (Å²) in [6.07, 6.45) is 3.25. The molecule has 1 rings (SSSR count). The predicted octanol–water partition coefficient (Wildman–Crippen LogP) is 1.30. The molecule has 6 heteroatoms. The number of esters is 1. The molecule has 0 radical (unpaired) electrons. The summed E-state index contributed by atoms with van der Waals surface area (Å²) in [5.74, 6) is -3.10. The van der Waals surface area contributed by atoms with Crippen molar-refractivity contribution in [2.24, 2.45) is 17.6 Å². The SMILES string of the molecule is CC(C)(C)OC(=O)C(C(=O)O)C(N)CC1CCC(O)CC1. The number of carbonyl (C=O) groups excluding carboxylic acids is 1. The fourth-order valence-electron chi connectivity index (χ4n) is 2.73. The lowest BCUT2D eigenvalue weighted by Gasteiger charge is -2.30. The summed E-state index contributed by atoms with van der Waals surface area (Å²) in [5.41, 5.74) is 5.22. The molecule has 2 unspecified atom stereocenters. The Hall–Kier alpha value is -1.14. The molecule has 0 aliphatic heterocycles. The van der Waals surface area contributed by atoms with Gasteiger partial charge in [0.15, 0.2) is 5.92 Å². The first-order valence-electron chi connectivity index (χ1n) is 7.49. The number of aliphatic hydroxyl groups is 1. The van der Waals surface area contributed by atoms with Crippen LogP contribution in [0.3, 0.4) is 0 Å². The summed E-state index contributed by atoms with van der Waals surface area (Å²) < 4.78 is 5.15. The molecule has 0 aromatic heterocycles. The van der Waals surface area contributed by atoms with Crippen LogP contribution >= 0.6 is 0 Å². The van der Waals surface area contributed by atoms with Gasteiger partial charge in [0.2, 0.25) is 0 Å². The second kappa shape index (κ2) is 7.22. The van der Waals surface area contributed by atoms with E-state index >= 15 is 0 Å². The number of aliphatic hydroxyl groups excluding tert-OH is 1. The number of hydrogen-bond donors (Lipinski definition) is 3. The molecule has 1 saturated carbocycles. The fraction of sp³-hybridized carbons (Fsp3) is 0.867. The van der Waals surface area contributed by atoms with Crippen LogP contribution in [0.1, 0.15) is 52.9 Å². The quantitative estimate of drug-likeness (QED) is 0.521. The van der Waals surface area contributed by atoms with Gasteiger partial charge in [-0.15, -0.1) is 0 Å². The molecule has 1 aliphatic rings. The van der Waals surface area contributed by atoms with Gasteiger partial charge in [0.05, 0.1) is 6.10 Å². The summed E-state index contributed by atoms with van der Waals surface area (Å²) in [6.45, 7) is 5.08. The number of nitrogens with two attached hydrogens (primary N) is 1. The summed E-state index contributed by atoms with van der Waals surface area (Å²) >= 11 is 0. The highest BCUT2D eigenvalue weighted by Crippen LogP contribution is 2.29. The Balaban J connectivity index is 2.63. The topological polar surface area (TPSA) is 110 Å². The number of carbonyl (C=O) groups is 2. The van der Waals surface area contributed by atoms with Crippen molar-refractivity contribution < 1.29 is 24.5 Å². The van der Waals surface area contributed by atoms with Gasteiger partial charge in [0.25, 0.3) is 0 Å². The van der Waals surface area contributed by atoms with Gasteiger partial charge in [-0.2, -0.15) is 0 Å². The van der Waals surface area contributed by atoms with Crippen molar-refractivity contribution in [3.8, 4) is 0 Å². The second-order valence-corrected chi connectivity index (χ2v) is 6.92. The Morgan fingerprint density at radius 2 is 1.76 bits per heavy atom. The van der Waals surface area contributed by atoms with Crippen LogP contribution in [0.15, 0.2) is 0 Å². The monoisotopic (exact) mass is 301 g/mol. The summed E-state index contributed by atoms with van der Waals surface area (Å²) in [6, 6.07) is -0.766. The second-order valence-electron chi connectivity index (χ2n) is 6.92. The minimum absolute atomic E-state index is 0.257. The summed E-state index contributed by atoms with van der Waals surface area (Å²) in [4.78, 5) is 23.4. The third-order valence-electron chi connectivity index (χ3n) is 3.78. The highest BCUT2D eigenvalue weighted by Gasteiger charge is 2.37. The molecular weight excluding hydrogens is 274 g/mol. The van der Waals surface area contributed by atoms with Crippen LogP contribution in [0, 0.1) is 11.8 Å². The molecule has 1 fully saturated rings. The number of hydrogen-bond acceptors (Lipinski definition) is 5. The lowest BCUT2D eigenvalue weighted by atomic mass is 9.81. The molecule has 1 aliphatic carbocycles. The maximum absolute atomic E-state index is 12.0. The van der Waals surface area contributed by atoms with Crippen LogP contribution in [0.25, 0.3) is 0 Å². The van der Waals surface area contributed by atoms with E-state index in [0.29, 0.717) is 19.3 Å². The van der Waals surface area contributed by atoms with Crippen LogP contribution in [-0.2, 0) is 14.3 Å². The summed E-state index contributed by atoms with van der Waals surface area (Å²) in [5, 5.41) is 18.7. The number of carboxylic acids is 1. The lowest BCUT2D eigenvalue weighted by molar-refractivity contribution is -0.168. The fourth-order valence-corrected chi connectivity index (χ4v) is 2.73. The Labute approximate surface area is 125 Å². The Kier molecular flexibility index (Phi) is 6.16. The first kappa shape index (κ1) is 17.9. The highest BCUT2D eigenvalue weighted by molar-refractivity contribution is 5.95. The van der Waals surface area contributed by atoms with Gasteiger partial charge >= 0.3 is 11.9 Å². The van der Waals surface area contributed by atoms with E-state index in [2.05, 4.69) is 0 Å². The molecule has 0 aromatic rings. The predicted molar refractivity (Wildman–Crippen MR) is 77.5 cm³/mol. The minimum Gasteiger partial charge on any atom is -0.481 e. The Morgan fingerprint density at radius 3 is 2.19 bits per heavy atom. The zero-order chi connectivity index (χ0) is 16.2. The van der Waals surface area contributed by atoms with Crippen LogP contribution in [0.4, 0.5) is 0 Å². The van der Waals surface area contributed by atoms with Crippen molar-refractivity contribution in [1.82, 2.24) is 0 Å². The smallest absolute Gasteiger partial charge is 0.322 e. The van der Waals surface area contributed by atoms with Gasteiger partial charge in [0.1, 0.15) is 5.60 Å². The molecule has 21 heavy (non-hydrogen) atoms. The van der Waals surface area contributed by atoms with Crippen LogP contribution in [-0.4, -0.2) is 39.9 Å². The zero-order valence-electron chi connectivity index (χ0n) is 13.0. The number of rotatable bonds is 5. The van der Waals surface area contributed by atoms with E-state index < -0.39 is 29.5 Å². The normalized spacial score (nSPS) is 26.0. The molecule has 0 amide bonds. The van der Waals surface area contributed by atoms with Crippen molar-refractivity contribution in [1.29, 1.82) is 0 Å². The number of carboxylic acid groups (broad SMARTS) is 1. The van der Waals surface area contributed by atoms with Gasteiger partial charge < -0.3 is 20.7 Å². The third-order valence-corrected chi connectivity index (χ3v) is 3.78. The Morgan fingerprint density at radius 1 is 1.24 bits per heavy atom. The van der Waals surface area contributed by atoms with Crippen LogP contribution in [0.5, 0.6) is 0 Å². The molecule has 0 aromatic carbocycles. The molecule has 0 heterocycles. The van der Waals surface area contributed by atoms with Gasteiger partial charge in [0, 0.05) is 6.04 Å². The maximum Gasteiger partial charge on any atom is 0.322 e. The van der Waals surface area contributed by atoms with Crippen LogP contribution < -0.4 is 5.73 Å². The molecule has 122 valence electrons. The molecule has 0 spiro atoms. The number of ether oxygens (including phenoxy) is 1. The van der Waals surface area contributed by atoms with E-state index in [4.69, 9.17) is 10.5 Å². The standard InChI is InChI=1S/C15H27NO5/c1-15(2,3)21-14(20)12(13(18)19)11(16)8-9-4-6-10(17)7-5-9/h9-12,17H,4-8,16H2,1-3H3,(H,18,19). The summed E-state index contributed by atoms with van der Waals surface area (Å²) in [7, 11) is 0. The third kappa shape index (κ3) is 6.01. The van der Waals surface area contributed by atoms with Crippen molar-refractivity contribution in [2.45, 2.75) is 70.6 Å². The highest BCUT2D eigenvalue weighted by atomic mass is 16.6. The van der Waals surface area contributed by atoms with E-state index in [0.717, 1.165) is 12.8 Å². The van der Waals surface area contributed by atoms with Gasteiger partial charge in [-0.3, -0.25) is 9.59 Å². The Bertz CT molecular complexity index is 369. The molecule has 0 bridgehead atoms. The van der Waals surface area contributed by atoms with Crippen molar-refractivity contribution in [3.05, 3.63) is 0 Å². The van der Waals surface area contributed by atoms with E-state index in [9.17, 15) is 19.8 Å². The number of aliphatic carboxylic acids is 1.